The van der Waals surface area contributed by atoms with Crippen LogP contribution in [0.1, 0.15) is 5.69 Å². The van der Waals surface area contributed by atoms with Crippen LogP contribution in [-0.4, -0.2) is 50.5 Å². The molecule has 1 fully saturated rings. The molecule has 0 saturated carbocycles. The van der Waals surface area contributed by atoms with E-state index in [1.54, 1.807) is 12.4 Å². The molecule has 10 heteroatoms. The quantitative estimate of drug-likeness (QED) is 0.704. The van der Waals surface area contributed by atoms with Gasteiger partial charge in [0, 0.05) is 57.0 Å². The van der Waals surface area contributed by atoms with Gasteiger partial charge < -0.3 is 14.2 Å². The van der Waals surface area contributed by atoms with E-state index in [1.807, 2.05) is 21.7 Å². The minimum absolute atomic E-state index is 0.286. The average Bonchev–Trinajstić information content (AvgIpc) is 3.10. The normalized spacial score (nSPS) is 15.8. The van der Waals surface area contributed by atoms with E-state index in [2.05, 4.69) is 24.8 Å². The van der Waals surface area contributed by atoms with Crippen LogP contribution in [0.4, 0.5) is 24.8 Å². The summed E-state index contributed by atoms with van der Waals surface area (Å²) in [6.45, 7) is 2.31. The summed E-state index contributed by atoms with van der Waals surface area (Å²) in [4.78, 5) is 19.9. The van der Waals surface area contributed by atoms with Gasteiger partial charge in [0.1, 0.15) is 17.8 Å². The fourth-order valence-electron chi connectivity index (χ4n) is 2.89. The Bertz CT molecular complexity index is 884. The van der Waals surface area contributed by atoms with Gasteiger partial charge in [-0.05, 0) is 0 Å². The van der Waals surface area contributed by atoms with E-state index < -0.39 is 11.9 Å². The number of piperazine rings is 1. The molecule has 0 aliphatic carbocycles. The molecule has 1 saturated heterocycles. The van der Waals surface area contributed by atoms with Gasteiger partial charge in [0.2, 0.25) is 0 Å². The monoisotopic (exact) mass is 349 g/mol. The average molecular weight is 349 g/mol. The summed E-state index contributed by atoms with van der Waals surface area (Å²) in [5.41, 5.74) is -0.166. The number of imidazole rings is 1. The van der Waals surface area contributed by atoms with E-state index in [-0.39, 0.29) is 5.82 Å². The second-order valence-corrected chi connectivity index (χ2v) is 5.64. The van der Waals surface area contributed by atoms with Crippen LogP contribution in [0.3, 0.4) is 0 Å². The number of aromatic nitrogens is 5. The maximum absolute atomic E-state index is 12.8. The fraction of sp³-hybridized carbons (Fsp3) is 0.333. The zero-order chi connectivity index (χ0) is 17.4. The van der Waals surface area contributed by atoms with Gasteiger partial charge >= 0.3 is 6.18 Å². The topological polar surface area (TPSA) is 62.5 Å². The predicted octanol–water partition coefficient (Wildman–Crippen LogP) is 1.86. The van der Waals surface area contributed by atoms with Crippen molar-refractivity contribution in [2.24, 2.45) is 0 Å². The number of halogens is 3. The molecule has 0 unspecified atom stereocenters. The summed E-state index contributed by atoms with van der Waals surface area (Å²) in [5, 5.41) is 0. The largest absolute Gasteiger partial charge is 0.433 e. The summed E-state index contributed by atoms with van der Waals surface area (Å²) >= 11 is 0. The fourth-order valence-corrected chi connectivity index (χ4v) is 2.89. The molecule has 0 radical (unpaired) electrons. The van der Waals surface area contributed by atoms with E-state index in [0.717, 1.165) is 23.9 Å². The highest BCUT2D eigenvalue weighted by Crippen LogP contribution is 2.29. The number of alkyl halides is 3. The zero-order valence-corrected chi connectivity index (χ0v) is 13.1. The van der Waals surface area contributed by atoms with Crippen LogP contribution >= 0.6 is 0 Å². The van der Waals surface area contributed by atoms with Crippen LogP contribution in [-0.2, 0) is 6.18 Å². The van der Waals surface area contributed by atoms with Crippen LogP contribution < -0.4 is 9.80 Å². The molecule has 0 aromatic carbocycles. The lowest BCUT2D eigenvalue weighted by atomic mass is 10.3. The first-order valence-electron chi connectivity index (χ1n) is 7.69. The Labute approximate surface area is 140 Å². The van der Waals surface area contributed by atoms with Crippen LogP contribution in [0.2, 0.25) is 0 Å². The van der Waals surface area contributed by atoms with Crippen LogP contribution in [0.25, 0.3) is 5.65 Å². The number of rotatable bonds is 2. The van der Waals surface area contributed by atoms with Crippen molar-refractivity contribution in [3.63, 3.8) is 0 Å². The minimum Gasteiger partial charge on any atom is -0.353 e. The van der Waals surface area contributed by atoms with Gasteiger partial charge in [0.05, 0.1) is 0 Å². The van der Waals surface area contributed by atoms with E-state index in [4.69, 9.17) is 0 Å². The van der Waals surface area contributed by atoms with Crippen molar-refractivity contribution in [1.82, 2.24) is 24.3 Å². The summed E-state index contributed by atoms with van der Waals surface area (Å²) in [5.74, 6) is 1.06. The van der Waals surface area contributed by atoms with Gasteiger partial charge in [-0.3, -0.25) is 0 Å². The Hall–Kier alpha value is -2.91. The summed E-state index contributed by atoms with van der Waals surface area (Å²) in [7, 11) is 0. The van der Waals surface area contributed by atoms with Crippen molar-refractivity contribution in [3.8, 4) is 0 Å². The molecule has 0 amide bonds. The standard InChI is InChI=1S/C15H14F3N7/c16-15(17,18)11-9-12(22-10-21-11)23-5-7-25(8-6-23)14-13-19-1-3-24(13)4-2-20-14/h1-4,9-10H,5-8H2. The van der Waals surface area contributed by atoms with Gasteiger partial charge in [0.15, 0.2) is 11.5 Å². The summed E-state index contributed by atoms with van der Waals surface area (Å²) in [6, 6.07) is 0.989. The minimum atomic E-state index is -4.47. The first kappa shape index (κ1) is 15.6. The van der Waals surface area contributed by atoms with Gasteiger partial charge in [-0.25, -0.2) is 19.9 Å². The van der Waals surface area contributed by atoms with Crippen LogP contribution in [0.15, 0.2) is 37.2 Å². The van der Waals surface area contributed by atoms with Crippen molar-refractivity contribution < 1.29 is 13.2 Å². The smallest absolute Gasteiger partial charge is 0.353 e. The first-order valence-corrected chi connectivity index (χ1v) is 7.69. The molecule has 4 heterocycles. The zero-order valence-electron chi connectivity index (χ0n) is 13.1. The Morgan fingerprint density at radius 1 is 0.840 bits per heavy atom. The molecule has 0 bridgehead atoms. The molecule has 3 aromatic rings. The van der Waals surface area contributed by atoms with Crippen molar-refractivity contribution in [1.29, 1.82) is 0 Å². The Balaban J connectivity index is 1.51. The molecule has 1 aliphatic rings. The number of fused-ring (bicyclic) bond motifs is 1. The molecule has 25 heavy (non-hydrogen) atoms. The van der Waals surface area contributed by atoms with Gasteiger partial charge in [-0.1, -0.05) is 0 Å². The van der Waals surface area contributed by atoms with Crippen molar-refractivity contribution >= 4 is 17.3 Å². The van der Waals surface area contributed by atoms with Gasteiger partial charge in [-0.15, -0.1) is 0 Å². The Morgan fingerprint density at radius 3 is 2.24 bits per heavy atom. The second-order valence-electron chi connectivity index (χ2n) is 5.64. The van der Waals surface area contributed by atoms with E-state index in [1.165, 1.54) is 0 Å². The maximum Gasteiger partial charge on any atom is 0.433 e. The number of anilines is 2. The van der Waals surface area contributed by atoms with Crippen molar-refractivity contribution in [2.75, 3.05) is 36.0 Å². The van der Waals surface area contributed by atoms with Gasteiger partial charge in [0.25, 0.3) is 0 Å². The molecule has 0 N–H and O–H groups in total. The van der Waals surface area contributed by atoms with E-state index in [9.17, 15) is 13.2 Å². The number of nitrogens with zero attached hydrogens (tertiary/aromatic N) is 7. The van der Waals surface area contributed by atoms with E-state index in [0.29, 0.717) is 26.2 Å². The van der Waals surface area contributed by atoms with Crippen LogP contribution in [0, 0.1) is 0 Å². The highest BCUT2D eigenvalue weighted by Gasteiger charge is 2.33. The third kappa shape index (κ3) is 2.94. The SMILES string of the molecule is FC(F)(F)c1cc(N2CCN(c3nccn4ccnc34)CC2)ncn1. The molecule has 7 nitrogen and oxygen atoms in total. The molecular formula is C15H14F3N7. The molecule has 1 aliphatic heterocycles. The van der Waals surface area contributed by atoms with E-state index >= 15 is 0 Å². The summed E-state index contributed by atoms with van der Waals surface area (Å²) in [6.07, 6.45) is 3.56. The highest BCUT2D eigenvalue weighted by atomic mass is 19.4. The molecule has 3 aromatic heterocycles. The molecule has 0 spiro atoms. The second kappa shape index (κ2) is 5.87. The van der Waals surface area contributed by atoms with Crippen molar-refractivity contribution in [2.45, 2.75) is 6.18 Å². The summed E-state index contributed by atoms with van der Waals surface area (Å²) < 4.78 is 40.3. The highest BCUT2D eigenvalue weighted by molar-refractivity contribution is 5.64. The van der Waals surface area contributed by atoms with Crippen molar-refractivity contribution in [3.05, 3.63) is 42.9 Å². The molecular weight excluding hydrogens is 335 g/mol. The molecule has 0 atom stereocenters. The van der Waals surface area contributed by atoms with Crippen LogP contribution in [0.5, 0.6) is 0 Å². The van der Waals surface area contributed by atoms with Gasteiger partial charge in [-0.2, -0.15) is 13.2 Å². The Morgan fingerprint density at radius 2 is 1.52 bits per heavy atom. The Kier molecular flexibility index (Phi) is 3.66. The number of hydrogen-bond donors (Lipinski definition) is 0. The predicted molar refractivity (Wildman–Crippen MR) is 84.4 cm³/mol. The number of hydrogen-bond acceptors (Lipinski definition) is 6. The lowest BCUT2D eigenvalue weighted by Gasteiger charge is -2.36. The third-order valence-electron chi connectivity index (χ3n) is 4.14. The lowest BCUT2D eigenvalue weighted by molar-refractivity contribution is -0.141. The third-order valence-corrected chi connectivity index (χ3v) is 4.14. The first-order chi connectivity index (χ1) is 12.0. The lowest BCUT2D eigenvalue weighted by Crippen LogP contribution is -2.47. The molecule has 4 rings (SSSR count). The molecule has 130 valence electrons. The maximum atomic E-state index is 12.8.